The number of aryl methyl sites for hydroxylation is 1. The van der Waals surface area contributed by atoms with Crippen LogP contribution in [0.4, 0.5) is 0 Å². The molecule has 4 aromatic rings. The highest BCUT2D eigenvalue weighted by Crippen LogP contribution is 2.31. The number of hydrogen-bond donors (Lipinski definition) is 1. The third-order valence-corrected chi connectivity index (χ3v) is 5.94. The Kier molecular flexibility index (Phi) is 6.93. The van der Waals surface area contributed by atoms with Crippen molar-refractivity contribution < 1.29 is 9.84 Å². The fourth-order valence-electron chi connectivity index (χ4n) is 4.05. The van der Waals surface area contributed by atoms with Crippen molar-refractivity contribution in [3.8, 4) is 11.5 Å². The Hall–Kier alpha value is -3.71. The van der Waals surface area contributed by atoms with Crippen LogP contribution in [0, 0.1) is 0 Å². The van der Waals surface area contributed by atoms with Crippen LogP contribution in [0.3, 0.4) is 0 Å². The molecular formula is C27H29N3O4. The molecule has 0 spiro atoms. The number of ether oxygens (including phenoxy) is 1. The molecule has 0 unspecified atom stereocenters. The lowest BCUT2D eigenvalue weighted by Crippen LogP contribution is -2.40. The van der Waals surface area contributed by atoms with E-state index >= 15 is 0 Å². The number of rotatable bonds is 8. The summed E-state index contributed by atoms with van der Waals surface area (Å²) in [4.78, 5) is 30.8. The molecule has 0 amide bonds. The SMILES string of the molecule is CC(C)c1cccc(Oc2cnc3c(c2Cc2ccccc2)c(=O)n(CCCO)c(=O)n3C)c1. The molecular weight excluding hydrogens is 430 g/mol. The Morgan fingerprint density at radius 3 is 2.53 bits per heavy atom. The molecule has 1 N–H and O–H groups in total. The molecule has 7 heteroatoms. The molecule has 0 saturated carbocycles. The lowest BCUT2D eigenvalue weighted by molar-refractivity contribution is 0.277. The van der Waals surface area contributed by atoms with Gasteiger partial charge in [-0.2, -0.15) is 0 Å². The van der Waals surface area contributed by atoms with Crippen LogP contribution >= 0.6 is 0 Å². The average molecular weight is 460 g/mol. The van der Waals surface area contributed by atoms with Crippen LogP contribution in [0.1, 0.15) is 42.9 Å². The van der Waals surface area contributed by atoms with Gasteiger partial charge in [0.2, 0.25) is 0 Å². The van der Waals surface area contributed by atoms with E-state index in [1.54, 1.807) is 13.2 Å². The van der Waals surface area contributed by atoms with E-state index in [0.29, 0.717) is 46.9 Å². The number of nitrogens with zero attached hydrogens (tertiary/aromatic N) is 3. The summed E-state index contributed by atoms with van der Waals surface area (Å²) < 4.78 is 8.83. The Labute approximate surface area is 197 Å². The third kappa shape index (κ3) is 4.65. The van der Waals surface area contributed by atoms with Gasteiger partial charge in [0.1, 0.15) is 17.1 Å². The standard InChI is InChI=1S/C27H29N3O4/c1-18(2)20-11-7-12-21(16-20)34-23-17-28-25-24(22(23)15-19-9-5-4-6-10-19)26(32)30(13-8-14-31)27(33)29(25)3/h4-7,9-12,16-18,31H,8,13-15H2,1-3H3. The van der Waals surface area contributed by atoms with Crippen LogP contribution in [0.25, 0.3) is 11.0 Å². The second-order valence-electron chi connectivity index (χ2n) is 8.67. The fraction of sp³-hybridized carbons (Fsp3) is 0.296. The molecule has 0 aliphatic rings. The summed E-state index contributed by atoms with van der Waals surface area (Å²) in [5.74, 6) is 1.48. The molecule has 34 heavy (non-hydrogen) atoms. The number of aliphatic hydroxyl groups is 1. The van der Waals surface area contributed by atoms with Crippen molar-refractivity contribution in [2.75, 3.05) is 6.61 Å². The molecule has 2 aromatic heterocycles. The topological polar surface area (TPSA) is 86.3 Å². The van der Waals surface area contributed by atoms with Gasteiger partial charge in [0.25, 0.3) is 5.56 Å². The lowest BCUT2D eigenvalue weighted by atomic mass is 10.0. The summed E-state index contributed by atoms with van der Waals surface area (Å²) in [7, 11) is 1.60. The van der Waals surface area contributed by atoms with Crippen LogP contribution in [0.15, 0.2) is 70.4 Å². The van der Waals surface area contributed by atoms with Gasteiger partial charge in [-0.05, 0) is 35.6 Å². The van der Waals surface area contributed by atoms with Crippen molar-refractivity contribution in [3.05, 3.63) is 98.3 Å². The molecule has 7 nitrogen and oxygen atoms in total. The maximum Gasteiger partial charge on any atom is 0.332 e. The first-order valence-electron chi connectivity index (χ1n) is 11.4. The first-order chi connectivity index (χ1) is 16.4. The zero-order chi connectivity index (χ0) is 24.2. The zero-order valence-corrected chi connectivity index (χ0v) is 19.7. The van der Waals surface area contributed by atoms with E-state index in [9.17, 15) is 14.7 Å². The van der Waals surface area contributed by atoms with Gasteiger partial charge in [0.05, 0.1) is 11.6 Å². The minimum absolute atomic E-state index is 0.113. The Balaban J connectivity index is 1.95. The van der Waals surface area contributed by atoms with E-state index in [-0.39, 0.29) is 13.2 Å². The second kappa shape index (κ2) is 10.1. The number of hydrogen-bond acceptors (Lipinski definition) is 5. The van der Waals surface area contributed by atoms with Gasteiger partial charge in [0, 0.05) is 32.2 Å². The monoisotopic (exact) mass is 459 g/mol. The van der Waals surface area contributed by atoms with Crippen LogP contribution < -0.4 is 16.0 Å². The summed E-state index contributed by atoms with van der Waals surface area (Å²) in [6, 6.07) is 17.7. The van der Waals surface area contributed by atoms with Crippen molar-refractivity contribution >= 4 is 11.0 Å². The average Bonchev–Trinajstić information content (AvgIpc) is 2.84. The summed E-state index contributed by atoms with van der Waals surface area (Å²) in [6.45, 7) is 4.25. The van der Waals surface area contributed by atoms with Crippen LogP contribution in [-0.2, 0) is 20.0 Å². The van der Waals surface area contributed by atoms with E-state index in [0.717, 1.165) is 15.7 Å². The summed E-state index contributed by atoms with van der Waals surface area (Å²) in [5.41, 5.74) is 2.25. The maximum atomic E-state index is 13.5. The summed E-state index contributed by atoms with van der Waals surface area (Å²) in [6.07, 6.45) is 2.33. The molecule has 0 aliphatic carbocycles. The van der Waals surface area contributed by atoms with Crippen LogP contribution in [0.5, 0.6) is 11.5 Å². The van der Waals surface area contributed by atoms with Gasteiger partial charge in [-0.1, -0.05) is 56.3 Å². The molecule has 0 atom stereocenters. The molecule has 0 saturated heterocycles. The fourth-order valence-corrected chi connectivity index (χ4v) is 4.05. The van der Waals surface area contributed by atoms with Gasteiger partial charge in [-0.25, -0.2) is 9.78 Å². The summed E-state index contributed by atoms with van der Waals surface area (Å²) >= 11 is 0. The maximum absolute atomic E-state index is 13.5. The molecule has 0 bridgehead atoms. The molecule has 176 valence electrons. The van der Waals surface area contributed by atoms with E-state index < -0.39 is 11.2 Å². The van der Waals surface area contributed by atoms with Crippen molar-refractivity contribution in [1.82, 2.24) is 14.1 Å². The van der Waals surface area contributed by atoms with Crippen molar-refractivity contribution in [2.45, 2.75) is 39.2 Å². The molecule has 0 aliphatic heterocycles. The molecule has 0 radical (unpaired) electrons. The molecule has 2 aromatic carbocycles. The van der Waals surface area contributed by atoms with Crippen molar-refractivity contribution in [1.29, 1.82) is 0 Å². The van der Waals surface area contributed by atoms with E-state index in [4.69, 9.17) is 4.74 Å². The summed E-state index contributed by atoms with van der Waals surface area (Å²) in [5, 5.41) is 9.60. The third-order valence-electron chi connectivity index (χ3n) is 5.94. The van der Waals surface area contributed by atoms with E-state index in [2.05, 4.69) is 24.9 Å². The number of aliphatic hydroxyl groups excluding tert-OH is 1. The molecule has 2 heterocycles. The quantitative estimate of drug-likeness (QED) is 0.431. The predicted octanol–water partition coefficient (Wildman–Crippen LogP) is 3.98. The normalized spacial score (nSPS) is 11.3. The highest BCUT2D eigenvalue weighted by Gasteiger charge is 2.20. The van der Waals surface area contributed by atoms with E-state index in [1.165, 1.54) is 4.57 Å². The predicted molar refractivity (Wildman–Crippen MR) is 133 cm³/mol. The Bertz CT molecular complexity index is 1420. The minimum atomic E-state index is -0.456. The van der Waals surface area contributed by atoms with Gasteiger partial charge in [-0.3, -0.25) is 13.9 Å². The van der Waals surface area contributed by atoms with Crippen molar-refractivity contribution in [2.24, 2.45) is 7.05 Å². The minimum Gasteiger partial charge on any atom is -0.455 e. The van der Waals surface area contributed by atoms with Gasteiger partial charge >= 0.3 is 5.69 Å². The van der Waals surface area contributed by atoms with Crippen LogP contribution in [-0.4, -0.2) is 25.8 Å². The zero-order valence-electron chi connectivity index (χ0n) is 19.7. The number of fused-ring (bicyclic) bond motifs is 1. The number of aromatic nitrogens is 3. The van der Waals surface area contributed by atoms with E-state index in [1.807, 2.05) is 48.5 Å². The lowest BCUT2D eigenvalue weighted by Gasteiger charge is -2.17. The van der Waals surface area contributed by atoms with Gasteiger partial charge in [-0.15, -0.1) is 0 Å². The Morgan fingerprint density at radius 1 is 1.06 bits per heavy atom. The second-order valence-corrected chi connectivity index (χ2v) is 8.67. The number of pyridine rings is 1. The Morgan fingerprint density at radius 2 is 1.82 bits per heavy atom. The van der Waals surface area contributed by atoms with Crippen molar-refractivity contribution in [3.63, 3.8) is 0 Å². The van der Waals surface area contributed by atoms with Crippen LogP contribution in [0.2, 0.25) is 0 Å². The molecule has 0 fully saturated rings. The first-order valence-corrected chi connectivity index (χ1v) is 11.4. The highest BCUT2D eigenvalue weighted by atomic mass is 16.5. The van der Waals surface area contributed by atoms with Gasteiger partial charge < -0.3 is 9.84 Å². The van der Waals surface area contributed by atoms with Gasteiger partial charge in [0.15, 0.2) is 0 Å². The smallest absolute Gasteiger partial charge is 0.332 e. The highest BCUT2D eigenvalue weighted by molar-refractivity contribution is 5.81. The largest absolute Gasteiger partial charge is 0.455 e. The number of benzene rings is 2. The molecule has 4 rings (SSSR count). The first kappa shape index (κ1) is 23.4.